The number of carbonyl (C=O) groups excluding carboxylic acids is 2. The van der Waals surface area contributed by atoms with Crippen molar-refractivity contribution in [3.63, 3.8) is 0 Å². The molecule has 1 N–H and O–H groups in total. The summed E-state index contributed by atoms with van der Waals surface area (Å²) in [5.74, 6) is -4.11. The zero-order valence-corrected chi connectivity index (χ0v) is 24.3. The van der Waals surface area contributed by atoms with E-state index in [0.717, 1.165) is 31.2 Å². The van der Waals surface area contributed by atoms with Crippen LogP contribution in [0.25, 0.3) is 11.1 Å². The van der Waals surface area contributed by atoms with Crippen molar-refractivity contribution in [3.05, 3.63) is 83.7 Å². The van der Waals surface area contributed by atoms with E-state index in [4.69, 9.17) is 8.92 Å². The maximum absolute atomic E-state index is 15.4. The van der Waals surface area contributed by atoms with Gasteiger partial charge in [-0.25, -0.2) is 13.2 Å². The summed E-state index contributed by atoms with van der Waals surface area (Å²) in [7, 11) is -4.06. The van der Waals surface area contributed by atoms with Gasteiger partial charge in [0.25, 0.3) is 16.0 Å². The first-order valence-electron chi connectivity index (χ1n) is 13.2. The minimum atomic E-state index is -4.06. The molecule has 11 heteroatoms. The molecular weight excluding hydrogens is 559 g/mol. The Hall–Kier alpha value is -3.44. The van der Waals surface area contributed by atoms with Gasteiger partial charge in [0.05, 0.1) is 25.3 Å². The molecule has 0 unspecified atom stereocenters. The Bertz CT molecular complexity index is 1380. The van der Waals surface area contributed by atoms with Gasteiger partial charge in [0, 0.05) is 23.6 Å². The van der Waals surface area contributed by atoms with E-state index in [9.17, 15) is 22.4 Å². The van der Waals surface area contributed by atoms with Crippen molar-refractivity contribution >= 4 is 22.0 Å². The number of aryl methyl sites for hydroxylation is 2. The van der Waals surface area contributed by atoms with Crippen LogP contribution in [0.15, 0.2) is 49.6 Å². The summed E-state index contributed by atoms with van der Waals surface area (Å²) in [5, 5.41) is 2.48. The molecule has 0 heterocycles. The molecule has 41 heavy (non-hydrogen) atoms. The summed E-state index contributed by atoms with van der Waals surface area (Å²) >= 11 is 0. The molecule has 1 amide bonds. The van der Waals surface area contributed by atoms with E-state index in [1.54, 1.807) is 19.9 Å². The summed E-state index contributed by atoms with van der Waals surface area (Å²) in [6.45, 7) is 10.3. The first kappa shape index (κ1) is 33.8. The molecule has 0 aliphatic heterocycles. The fraction of sp³-hybridized carbons (Fsp3) is 0.400. The number of amides is 1. The Balaban J connectivity index is 2.63. The fourth-order valence-corrected chi connectivity index (χ4v) is 4.99. The largest absolute Gasteiger partial charge is 0.466 e. The van der Waals surface area contributed by atoms with E-state index in [0.29, 0.717) is 24.0 Å². The van der Waals surface area contributed by atoms with Gasteiger partial charge in [-0.1, -0.05) is 12.2 Å². The summed E-state index contributed by atoms with van der Waals surface area (Å²) in [6, 6.07) is 3.07. The van der Waals surface area contributed by atoms with E-state index in [-0.39, 0.29) is 29.7 Å². The van der Waals surface area contributed by atoms with Gasteiger partial charge in [-0.05, 0) is 74.4 Å². The van der Waals surface area contributed by atoms with Gasteiger partial charge in [0.1, 0.15) is 17.5 Å². The normalized spacial score (nSPS) is 12.8. The first-order valence-corrected chi connectivity index (χ1v) is 15.0. The number of benzene rings is 2. The van der Waals surface area contributed by atoms with E-state index in [2.05, 4.69) is 18.5 Å². The Morgan fingerprint density at radius 2 is 1.76 bits per heavy atom. The summed E-state index contributed by atoms with van der Waals surface area (Å²) < 4.78 is 78.2. The number of ether oxygens (including phenoxy) is 1. The molecule has 0 fully saturated rings. The molecule has 0 saturated heterocycles. The predicted octanol–water partition coefficient (Wildman–Crippen LogP) is 6.01. The Kier molecular flexibility index (Phi) is 12.8. The second-order valence-electron chi connectivity index (χ2n) is 9.53. The number of unbranched alkanes of at least 4 members (excludes halogenated alkanes) is 2. The molecule has 0 aliphatic rings. The van der Waals surface area contributed by atoms with Crippen LogP contribution in [0.4, 0.5) is 13.2 Å². The lowest BCUT2D eigenvalue weighted by Crippen LogP contribution is -2.40. The minimum Gasteiger partial charge on any atom is -0.466 e. The van der Waals surface area contributed by atoms with Gasteiger partial charge < -0.3 is 10.1 Å². The quantitative estimate of drug-likeness (QED) is 0.111. The van der Waals surface area contributed by atoms with Crippen LogP contribution in [0, 0.1) is 24.4 Å². The van der Waals surface area contributed by atoms with Crippen LogP contribution in [0.3, 0.4) is 0 Å². The molecule has 0 spiro atoms. The maximum Gasteiger partial charge on any atom is 0.308 e. The number of hydrogen-bond acceptors (Lipinski definition) is 6. The lowest BCUT2D eigenvalue weighted by Gasteiger charge is -2.24. The lowest BCUT2D eigenvalue weighted by molar-refractivity contribution is -0.144. The van der Waals surface area contributed by atoms with E-state index >= 15 is 8.78 Å². The standard InChI is InChI=1S/C30H36F3NO6S/c1-6-9-10-11-13-20-15-21(31)16-25(33)29(20)22-17-23(24(32)14-19(22)4)26(18-28(35)39-8-3)34-30(36)27(12-7-2)40-41(5,37)38/h6-7,14-17,26-27H,1-2,8-13,18H2,3-5H3,(H,34,36)/t26-,27+/m0/s1. The number of carbonyl (C=O) groups is 2. The van der Waals surface area contributed by atoms with Crippen molar-refractivity contribution in [2.75, 3.05) is 12.9 Å². The third kappa shape index (κ3) is 10.2. The average Bonchev–Trinajstić information content (AvgIpc) is 2.86. The van der Waals surface area contributed by atoms with E-state index in [1.165, 1.54) is 18.2 Å². The van der Waals surface area contributed by atoms with Gasteiger partial charge in [-0.15, -0.1) is 13.2 Å². The third-order valence-corrected chi connectivity index (χ3v) is 6.77. The van der Waals surface area contributed by atoms with Crippen LogP contribution < -0.4 is 5.32 Å². The SMILES string of the molecule is C=CCCCCc1cc(F)cc(F)c1-c1cc([C@H](CC(=O)OCC)NC(=O)[C@@H](CC=C)OS(C)(=O)=O)c(F)cc1C. The Morgan fingerprint density at radius 3 is 2.37 bits per heavy atom. The number of rotatable bonds is 16. The smallest absolute Gasteiger partial charge is 0.308 e. The summed E-state index contributed by atoms with van der Waals surface area (Å²) in [6.07, 6.45) is 4.02. The second-order valence-corrected chi connectivity index (χ2v) is 11.1. The molecule has 7 nitrogen and oxygen atoms in total. The first-order chi connectivity index (χ1) is 19.3. The van der Waals surface area contributed by atoms with Gasteiger partial charge >= 0.3 is 5.97 Å². The highest BCUT2D eigenvalue weighted by molar-refractivity contribution is 7.86. The molecule has 2 aromatic carbocycles. The van der Waals surface area contributed by atoms with Crippen molar-refractivity contribution in [3.8, 4) is 11.1 Å². The van der Waals surface area contributed by atoms with Crippen LogP contribution in [0.5, 0.6) is 0 Å². The number of halogens is 3. The predicted molar refractivity (Wildman–Crippen MR) is 151 cm³/mol. The van der Waals surface area contributed by atoms with Gasteiger partial charge in [0.15, 0.2) is 6.10 Å². The highest BCUT2D eigenvalue weighted by Crippen LogP contribution is 2.35. The summed E-state index contributed by atoms with van der Waals surface area (Å²) in [4.78, 5) is 25.5. The molecule has 0 radical (unpaired) electrons. The van der Waals surface area contributed by atoms with Crippen LogP contribution in [-0.4, -0.2) is 39.3 Å². The molecule has 2 atom stereocenters. The highest BCUT2D eigenvalue weighted by atomic mass is 32.2. The van der Waals surface area contributed by atoms with Crippen molar-refractivity contribution < 1.29 is 40.1 Å². The van der Waals surface area contributed by atoms with Crippen molar-refractivity contribution in [2.45, 2.75) is 64.5 Å². The number of hydrogen-bond donors (Lipinski definition) is 1. The van der Waals surface area contributed by atoms with E-state index < -0.39 is 58.0 Å². The van der Waals surface area contributed by atoms with Crippen molar-refractivity contribution in [1.82, 2.24) is 5.32 Å². The lowest BCUT2D eigenvalue weighted by atomic mass is 9.89. The van der Waals surface area contributed by atoms with Gasteiger partial charge in [-0.2, -0.15) is 8.42 Å². The molecule has 0 aliphatic carbocycles. The van der Waals surface area contributed by atoms with Crippen LogP contribution in [-0.2, 0) is 35.0 Å². The number of nitrogens with one attached hydrogen (secondary N) is 1. The molecule has 0 bridgehead atoms. The molecule has 224 valence electrons. The number of allylic oxidation sites excluding steroid dienone is 1. The highest BCUT2D eigenvalue weighted by Gasteiger charge is 2.29. The minimum absolute atomic E-state index is 0.0212. The molecule has 2 aromatic rings. The topological polar surface area (TPSA) is 98.8 Å². The van der Waals surface area contributed by atoms with Crippen LogP contribution in [0.1, 0.15) is 61.8 Å². The van der Waals surface area contributed by atoms with Crippen molar-refractivity contribution in [1.29, 1.82) is 0 Å². The summed E-state index contributed by atoms with van der Waals surface area (Å²) in [5.41, 5.74) is 0.872. The molecule has 0 saturated carbocycles. The molecule has 0 aromatic heterocycles. The van der Waals surface area contributed by atoms with Gasteiger partial charge in [-0.3, -0.25) is 13.8 Å². The maximum atomic E-state index is 15.4. The Labute approximate surface area is 239 Å². The van der Waals surface area contributed by atoms with E-state index in [1.807, 2.05) is 0 Å². The monoisotopic (exact) mass is 595 g/mol. The van der Waals surface area contributed by atoms with Crippen LogP contribution in [0.2, 0.25) is 0 Å². The zero-order valence-electron chi connectivity index (χ0n) is 23.5. The average molecular weight is 596 g/mol. The fourth-order valence-electron chi connectivity index (χ4n) is 4.40. The Morgan fingerprint density at radius 1 is 1.05 bits per heavy atom. The van der Waals surface area contributed by atoms with Crippen LogP contribution >= 0.6 is 0 Å². The molecule has 2 rings (SSSR count). The van der Waals surface area contributed by atoms with Gasteiger partial charge in [0.2, 0.25) is 0 Å². The number of esters is 1. The third-order valence-electron chi connectivity index (χ3n) is 6.19. The van der Waals surface area contributed by atoms with Crippen molar-refractivity contribution in [2.24, 2.45) is 0 Å². The zero-order chi connectivity index (χ0) is 30.7. The second kappa shape index (κ2) is 15.5. The molecular formula is C30H36F3NO6S.